The Morgan fingerprint density at radius 2 is 2.00 bits per heavy atom. The van der Waals surface area contributed by atoms with E-state index in [0.717, 1.165) is 29.0 Å². The van der Waals surface area contributed by atoms with Crippen molar-refractivity contribution in [1.82, 2.24) is 0 Å². The van der Waals surface area contributed by atoms with Crippen molar-refractivity contribution in [1.29, 1.82) is 0 Å². The van der Waals surface area contributed by atoms with Crippen LogP contribution in [-0.4, -0.2) is 5.78 Å². The lowest BCUT2D eigenvalue weighted by Gasteiger charge is -2.25. The zero-order chi connectivity index (χ0) is 14.1. The molecule has 0 N–H and O–H groups in total. The molecule has 1 unspecified atom stereocenters. The average molecular weight is 285 g/mol. The molecule has 0 saturated heterocycles. The highest BCUT2D eigenvalue weighted by atomic mass is 35.5. The van der Waals surface area contributed by atoms with E-state index in [0.29, 0.717) is 6.42 Å². The van der Waals surface area contributed by atoms with Gasteiger partial charge in [0.2, 0.25) is 0 Å². The molecule has 1 aliphatic rings. The number of halogens is 1. The minimum Gasteiger partial charge on any atom is -0.294 e. The maximum atomic E-state index is 12.0. The molecule has 0 heterocycles. The summed E-state index contributed by atoms with van der Waals surface area (Å²) in [6.07, 6.45) is 2.44. The monoisotopic (exact) mass is 284 g/mol. The first kappa shape index (κ1) is 13.4. The number of carbonyl (C=O) groups excluding carboxylic acids is 1. The van der Waals surface area contributed by atoms with Crippen LogP contribution in [0.15, 0.2) is 42.5 Å². The van der Waals surface area contributed by atoms with Crippen molar-refractivity contribution in [2.75, 3.05) is 0 Å². The molecular weight excluding hydrogens is 268 g/mol. The normalized spacial score (nSPS) is 17.9. The molecular formula is C18H17ClO. The van der Waals surface area contributed by atoms with E-state index < -0.39 is 0 Å². The van der Waals surface area contributed by atoms with Gasteiger partial charge in [-0.1, -0.05) is 54.9 Å². The summed E-state index contributed by atoms with van der Waals surface area (Å²) in [5, 5.41) is 0.833. The van der Waals surface area contributed by atoms with Gasteiger partial charge < -0.3 is 0 Å². The smallest absolute Gasteiger partial charge is 0.163 e. The number of hydrogen-bond donors (Lipinski definition) is 0. The average Bonchev–Trinajstić information content (AvgIpc) is 2.48. The van der Waals surface area contributed by atoms with Crippen molar-refractivity contribution >= 4 is 17.4 Å². The maximum Gasteiger partial charge on any atom is 0.163 e. The minimum absolute atomic E-state index is 0.258. The van der Waals surface area contributed by atoms with Crippen LogP contribution in [0.4, 0.5) is 0 Å². The van der Waals surface area contributed by atoms with Crippen LogP contribution >= 0.6 is 11.6 Å². The quantitative estimate of drug-likeness (QED) is 0.757. The first-order chi connectivity index (χ1) is 9.70. The van der Waals surface area contributed by atoms with Crippen molar-refractivity contribution in [3.05, 3.63) is 69.7 Å². The largest absolute Gasteiger partial charge is 0.294 e. The summed E-state index contributed by atoms with van der Waals surface area (Å²) >= 11 is 6.34. The van der Waals surface area contributed by atoms with Gasteiger partial charge in [-0.3, -0.25) is 4.79 Å². The summed E-state index contributed by atoms with van der Waals surface area (Å²) in [5.41, 5.74) is 4.41. The van der Waals surface area contributed by atoms with Crippen molar-refractivity contribution in [3.63, 3.8) is 0 Å². The molecule has 0 radical (unpaired) electrons. The number of fused-ring (bicyclic) bond motifs is 1. The molecule has 0 aliphatic heterocycles. The van der Waals surface area contributed by atoms with Crippen LogP contribution < -0.4 is 0 Å². The number of Topliss-reactive ketones (excluding diaryl/α,β-unsaturated/α-hetero) is 1. The highest BCUT2D eigenvalue weighted by molar-refractivity contribution is 6.31. The second-order valence-corrected chi connectivity index (χ2v) is 5.71. The van der Waals surface area contributed by atoms with Gasteiger partial charge >= 0.3 is 0 Å². The number of benzene rings is 2. The van der Waals surface area contributed by atoms with Crippen LogP contribution in [0.25, 0.3) is 0 Å². The molecule has 102 valence electrons. The third-order valence-corrected chi connectivity index (χ3v) is 4.51. The lowest BCUT2D eigenvalue weighted by Crippen LogP contribution is -2.16. The van der Waals surface area contributed by atoms with Crippen molar-refractivity contribution in [3.8, 4) is 0 Å². The zero-order valence-electron chi connectivity index (χ0n) is 11.5. The van der Waals surface area contributed by atoms with Gasteiger partial charge in [0.25, 0.3) is 0 Å². The van der Waals surface area contributed by atoms with Gasteiger partial charge in [0.1, 0.15) is 0 Å². The SMILES string of the molecule is CCc1ccc(C2CCC(=O)c3ccccc32)cc1Cl. The Morgan fingerprint density at radius 3 is 2.75 bits per heavy atom. The first-order valence-corrected chi connectivity index (χ1v) is 7.49. The van der Waals surface area contributed by atoms with E-state index in [1.165, 1.54) is 11.1 Å². The van der Waals surface area contributed by atoms with Gasteiger partial charge in [-0.2, -0.15) is 0 Å². The van der Waals surface area contributed by atoms with E-state index in [1.807, 2.05) is 18.2 Å². The molecule has 0 spiro atoms. The standard InChI is InChI=1S/C18H17ClO/c1-2-12-7-8-13(11-17(12)19)14-9-10-18(20)16-6-4-3-5-15(14)16/h3-8,11,14H,2,9-10H2,1H3. The molecule has 2 heteroatoms. The number of rotatable bonds is 2. The van der Waals surface area contributed by atoms with Crippen LogP contribution in [0, 0.1) is 0 Å². The summed E-state index contributed by atoms with van der Waals surface area (Å²) in [6, 6.07) is 14.3. The van der Waals surface area contributed by atoms with Gasteiger partial charge in [0, 0.05) is 22.9 Å². The van der Waals surface area contributed by atoms with Gasteiger partial charge in [0.05, 0.1) is 0 Å². The van der Waals surface area contributed by atoms with E-state index >= 15 is 0 Å². The summed E-state index contributed by atoms with van der Waals surface area (Å²) < 4.78 is 0. The van der Waals surface area contributed by atoms with Crippen molar-refractivity contribution in [2.24, 2.45) is 0 Å². The van der Waals surface area contributed by atoms with E-state index in [1.54, 1.807) is 0 Å². The Labute approximate surface area is 124 Å². The second-order valence-electron chi connectivity index (χ2n) is 5.31. The molecule has 20 heavy (non-hydrogen) atoms. The number of aryl methyl sites for hydroxylation is 1. The molecule has 0 amide bonds. The Hall–Kier alpha value is -1.60. The zero-order valence-corrected chi connectivity index (χ0v) is 12.3. The summed E-state index contributed by atoms with van der Waals surface area (Å²) in [6.45, 7) is 2.11. The number of ketones is 1. The van der Waals surface area contributed by atoms with Crippen LogP contribution in [0.2, 0.25) is 5.02 Å². The summed E-state index contributed by atoms with van der Waals surface area (Å²) in [7, 11) is 0. The second kappa shape index (κ2) is 5.41. The van der Waals surface area contributed by atoms with Crippen molar-refractivity contribution in [2.45, 2.75) is 32.1 Å². The molecule has 0 bridgehead atoms. The molecule has 0 fully saturated rings. The van der Waals surface area contributed by atoms with Gasteiger partial charge in [0.15, 0.2) is 5.78 Å². The van der Waals surface area contributed by atoms with E-state index in [4.69, 9.17) is 11.6 Å². The number of hydrogen-bond acceptors (Lipinski definition) is 1. The molecule has 0 aromatic heterocycles. The molecule has 1 atom stereocenters. The Bertz CT molecular complexity index is 660. The fraction of sp³-hybridized carbons (Fsp3) is 0.278. The third kappa shape index (κ3) is 2.27. The lowest BCUT2D eigenvalue weighted by molar-refractivity contribution is 0.0969. The molecule has 3 rings (SSSR count). The highest BCUT2D eigenvalue weighted by Gasteiger charge is 2.26. The number of carbonyl (C=O) groups is 1. The van der Waals surface area contributed by atoms with Crippen LogP contribution in [0.1, 0.15) is 52.7 Å². The first-order valence-electron chi connectivity index (χ1n) is 7.11. The minimum atomic E-state index is 0.258. The molecule has 1 nitrogen and oxygen atoms in total. The maximum absolute atomic E-state index is 12.0. The van der Waals surface area contributed by atoms with Crippen LogP contribution in [-0.2, 0) is 6.42 Å². The van der Waals surface area contributed by atoms with Crippen molar-refractivity contribution < 1.29 is 4.79 Å². The molecule has 2 aromatic carbocycles. The molecule has 2 aromatic rings. The molecule has 0 saturated carbocycles. The summed E-state index contributed by atoms with van der Waals surface area (Å²) in [4.78, 5) is 12.0. The summed E-state index contributed by atoms with van der Waals surface area (Å²) in [5.74, 6) is 0.542. The van der Waals surface area contributed by atoms with Gasteiger partial charge in [-0.05, 0) is 35.6 Å². The van der Waals surface area contributed by atoms with Gasteiger partial charge in [-0.15, -0.1) is 0 Å². The molecule has 1 aliphatic carbocycles. The topological polar surface area (TPSA) is 17.1 Å². The van der Waals surface area contributed by atoms with E-state index in [-0.39, 0.29) is 11.7 Å². The van der Waals surface area contributed by atoms with E-state index in [9.17, 15) is 4.79 Å². The van der Waals surface area contributed by atoms with Gasteiger partial charge in [-0.25, -0.2) is 0 Å². The Morgan fingerprint density at radius 1 is 1.20 bits per heavy atom. The lowest BCUT2D eigenvalue weighted by atomic mass is 9.78. The van der Waals surface area contributed by atoms with Crippen LogP contribution in [0.3, 0.4) is 0 Å². The van der Waals surface area contributed by atoms with E-state index in [2.05, 4.69) is 31.2 Å². The third-order valence-electron chi connectivity index (χ3n) is 4.16. The predicted molar refractivity (Wildman–Crippen MR) is 82.7 cm³/mol. The highest BCUT2D eigenvalue weighted by Crippen LogP contribution is 2.37. The fourth-order valence-electron chi connectivity index (χ4n) is 3.03. The fourth-order valence-corrected chi connectivity index (χ4v) is 3.36. The van der Waals surface area contributed by atoms with Crippen LogP contribution in [0.5, 0.6) is 0 Å². The predicted octanol–water partition coefficient (Wildman–Crippen LogP) is 5.01. The Balaban J connectivity index is 2.05. The Kier molecular flexibility index (Phi) is 3.62.